The molecule has 0 aliphatic heterocycles. The van der Waals surface area contributed by atoms with E-state index in [1.54, 1.807) is 12.4 Å². The molecule has 0 atom stereocenters. The van der Waals surface area contributed by atoms with E-state index in [0.717, 1.165) is 17.1 Å². The zero-order chi connectivity index (χ0) is 9.26. The van der Waals surface area contributed by atoms with Crippen LogP contribution in [0.15, 0.2) is 24.7 Å². The van der Waals surface area contributed by atoms with Gasteiger partial charge in [0.25, 0.3) is 0 Å². The Morgan fingerprint density at radius 3 is 2.71 bits per heavy atom. The van der Waals surface area contributed by atoms with E-state index in [0.29, 0.717) is 0 Å². The second-order valence-electron chi connectivity index (χ2n) is 2.97. The van der Waals surface area contributed by atoms with E-state index < -0.39 is 0 Å². The predicted octanol–water partition coefficient (Wildman–Crippen LogP) is 1.68. The summed E-state index contributed by atoms with van der Waals surface area (Å²) in [6.07, 6.45) is 6.56. The molecule has 0 unspecified atom stereocenters. The van der Waals surface area contributed by atoms with Crippen LogP contribution in [0.4, 0.5) is 0 Å². The van der Waals surface area contributed by atoms with Crippen molar-refractivity contribution in [2.75, 3.05) is 0 Å². The monoisotopic (exact) mass is 261 g/mol. The molecule has 0 aliphatic rings. The molecule has 0 saturated carbocycles. The first-order valence-electron chi connectivity index (χ1n) is 4.12. The van der Waals surface area contributed by atoms with E-state index >= 15 is 0 Å². The van der Waals surface area contributed by atoms with Crippen molar-refractivity contribution < 1.29 is 32.7 Å². The topological polar surface area (TPSA) is 30.7 Å². The summed E-state index contributed by atoms with van der Waals surface area (Å²) in [6, 6.07) is 3.78. The number of pyridine rings is 1. The molecular formula is C10H10N3Y-. The normalized spacial score (nSPS) is 9.57. The number of hydrogen-bond acceptors (Lipinski definition) is 2. The fraction of sp³-hybridized carbons (Fsp3) is 0.200. The van der Waals surface area contributed by atoms with Crippen molar-refractivity contribution in [1.29, 1.82) is 0 Å². The third kappa shape index (κ3) is 2.28. The minimum atomic E-state index is 0. The predicted molar refractivity (Wildman–Crippen MR) is 49.7 cm³/mol. The van der Waals surface area contributed by atoms with E-state index in [2.05, 4.69) is 16.2 Å². The SMILES string of the molecule is Cc1cn(-c2cc[c-]nc2C)cn1.[Y]. The Bertz CT molecular complexity index is 423. The molecule has 1 radical (unpaired) electrons. The molecule has 2 heterocycles. The second kappa shape index (κ2) is 4.80. The zero-order valence-corrected chi connectivity index (χ0v) is 11.1. The van der Waals surface area contributed by atoms with Crippen molar-refractivity contribution >= 4 is 0 Å². The van der Waals surface area contributed by atoms with Crippen LogP contribution in [0, 0.1) is 20.0 Å². The van der Waals surface area contributed by atoms with E-state index in [9.17, 15) is 0 Å². The number of imidazole rings is 1. The summed E-state index contributed by atoms with van der Waals surface area (Å²) in [5.74, 6) is 0. The first-order valence-corrected chi connectivity index (χ1v) is 4.12. The van der Waals surface area contributed by atoms with Crippen molar-refractivity contribution in [3.63, 3.8) is 0 Å². The van der Waals surface area contributed by atoms with Gasteiger partial charge >= 0.3 is 0 Å². The quantitative estimate of drug-likeness (QED) is 0.731. The fourth-order valence-corrected chi connectivity index (χ4v) is 1.25. The van der Waals surface area contributed by atoms with Gasteiger partial charge in [0.1, 0.15) is 0 Å². The third-order valence-electron chi connectivity index (χ3n) is 1.91. The minimum absolute atomic E-state index is 0. The van der Waals surface area contributed by atoms with Gasteiger partial charge in [-0.2, -0.15) is 6.07 Å². The second-order valence-corrected chi connectivity index (χ2v) is 2.97. The Morgan fingerprint density at radius 1 is 1.36 bits per heavy atom. The largest absolute Gasteiger partial charge is 0.389 e. The maximum absolute atomic E-state index is 4.16. The van der Waals surface area contributed by atoms with E-state index in [4.69, 9.17) is 0 Å². The number of aromatic nitrogens is 3. The van der Waals surface area contributed by atoms with Gasteiger partial charge in [-0.15, -0.1) is 6.07 Å². The summed E-state index contributed by atoms with van der Waals surface area (Å²) >= 11 is 0. The van der Waals surface area contributed by atoms with Crippen molar-refractivity contribution in [2.45, 2.75) is 13.8 Å². The summed E-state index contributed by atoms with van der Waals surface area (Å²) in [7, 11) is 0. The third-order valence-corrected chi connectivity index (χ3v) is 1.91. The van der Waals surface area contributed by atoms with E-state index in [1.807, 2.05) is 30.7 Å². The number of nitrogens with zero attached hydrogens (tertiary/aromatic N) is 3. The molecule has 4 heteroatoms. The van der Waals surface area contributed by atoms with Gasteiger partial charge in [0.2, 0.25) is 0 Å². The molecule has 2 rings (SSSR count). The molecule has 0 aromatic carbocycles. The zero-order valence-electron chi connectivity index (χ0n) is 8.23. The molecule has 14 heavy (non-hydrogen) atoms. The Labute approximate surface area is 108 Å². The molecule has 0 spiro atoms. The van der Waals surface area contributed by atoms with Gasteiger partial charge in [-0.25, -0.2) is 4.98 Å². The summed E-state index contributed by atoms with van der Waals surface area (Å²) in [4.78, 5) is 8.25. The molecule has 2 aromatic rings. The Kier molecular flexibility index (Phi) is 3.96. The Balaban J connectivity index is 0.000000980. The van der Waals surface area contributed by atoms with Crippen LogP contribution in [0.2, 0.25) is 0 Å². The van der Waals surface area contributed by atoms with Crippen LogP contribution in [0.3, 0.4) is 0 Å². The van der Waals surface area contributed by atoms with Crippen molar-refractivity contribution in [3.05, 3.63) is 42.2 Å². The molecular weight excluding hydrogens is 251 g/mol. The Hall–Kier alpha value is -0.536. The van der Waals surface area contributed by atoms with Gasteiger partial charge < -0.3 is 9.55 Å². The van der Waals surface area contributed by atoms with Crippen LogP contribution in [-0.2, 0) is 32.7 Å². The molecule has 2 aromatic heterocycles. The molecule has 0 fully saturated rings. The minimum Gasteiger partial charge on any atom is -0.389 e. The molecule has 69 valence electrons. The first kappa shape index (κ1) is 11.5. The standard InChI is InChI=1S/C10H10N3.Y/c1-8-6-13(7-12-8)10-4-3-5-11-9(10)2;/h3-4,6-7H,1-2H3;/q-1;. The van der Waals surface area contributed by atoms with Crippen LogP contribution in [0.5, 0.6) is 0 Å². The molecule has 0 N–H and O–H groups in total. The first-order chi connectivity index (χ1) is 6.27. The fourth-order valence-electron chi connectivity index (χ4n) is 1.25. The van der Waals surface area contributed by atoms with Gasteiger partial charge in [-0.3, -0.25) is 0 Å². The van der Waals surface area contributed by atoms with Gasteiger partial charge in [-0.05, 0) is 12.6 Å². The summed E-state index contributed by atoms with van der Waals surface area (Å²) < 4.78 is 1.96. The molecule has 0 amide bonds. The van der Waals surface area contributed by atoms with E-state index in [-0.39, 0.29) is 32.7 Å². The molecule has 0 bridgehead atoms. The van der Waals surface area contributed by atoms with Gasteiger partial charge in [0, 0.05) is 38.9 Å². The van der Waals surface area contributed by atoms with Gasteiger partial charge in [-0.1, -0.05) is 18.8 Å². The average molecular weight is 261 g/mol. The number of rotatable bonds is 1. The average Bonchev–Trinajstić information content (AvgIpc) is 2.53. The maximum atomic E-state index is 4.16. The summed E-state index contributed by atoms with van der Waals surface area (Å²) in [5.41, 5.74) is 3.02. The molecule has 3 nitrogen and oxygen atoms in total. The van der Waals surface area contributed by atoms with Crippen LogP contribution < -0.4 is 0 Å². The van der Waals surface area contributed by atoms with E-state index in [1.165, 1.54) is 0 Å². The van der Waals surface area contributed by atoms with Gasteiger partial charge in [0.15, 0.2) is 0 Å². The molecule has 0 aliphatic carbocycles. The number of aryl methyl sites for hydroxylation is 2. The van der Waals surface area contributed by atoms with Crippen molar-refractivity contribution in [2.24, 2.45) is 0 Å². The van der Waals surface area contributed by atoms with Crippen LogP contribution in [0.25, 0.3) is 5.69 Å². The maximum Gasteiger partial charge on any atom is 0.0976 e. The van der Waals surface area contributed by atoms with Crippen LogP contribution >= 0.6 is 0 Å². The van der Waals surface area contributed by atoms with Crippen molar-refractivity contribution in [1.82, 2.24) is 14.5 Å². The summed E-state index contributed by atoms with van der Waals surface area (Å²) in [6.45, 7) is 3.93. The van der Waals surface area contributed by atoms with Crippen LogP contribution in [-0.4, -0.2) is 14.5 Å². The Morgan fingerprint density at radius 2 is 2.14 bits per heavy atom. The van der Waals surface area contributed by atoms with Crippen LogP contribution in [0.1, 0.15) is 11.4 Å². The van der Waals surface area contributed by atoms with Gasteiger partial charge in [0.05, 0.1) is 12.0 Å². The van der Waals surface area contributed by atoms with Crippen molar-refractivity contribution in [3.8, 4) is 5.69 Å². The summed E-state index contributed by atoms with van der Waals surface area (Å²) in [5, 5.41) is 0. The smallest absolute Gasteiger partial charge is 0.0976 e. The number of hydrogen-bond donors (Lipinski definition) is 0. The molecule has 0 saturated heterocycles.